The Morgan fingerprint density at radius 3 is 2.60 bits per heavy atom. The zero-order chi connectivity index (χ0) is 11.5. The first-order chi connectivity index (χ1) is 6.89. The van der Waals surface area contributed by atoms with Gasteiger partial charge in [-0.05, 0) is 18.8 Å². The maximum atomic E-state index is 12.0. The van der Waals surface area contributed by atoms with E-state index in [0.29, 0.717) is 11.2 Å². The fraction of sp³-hybridized carbons (Fsp3) is 1.00. The van der Waals surface area contributed by atoms with Gasteiger partial charge in [0.2, 0.25) is 0 Å². The molecule has 1 aliphatic carbocycles. The highest BCUT2D eigenvalue weighted by Gasteiger charge is 2.38. The quantitative estimate of drug-likeness (QED) is 0.820. The van der Waals surface area contributed by atoms with E-state index in [1.807, 2.05) is 0 Å². The average Bonchev–Trinajstić information content (AvgIpc) is 2.12. The molecule has 0 aliphatic heterocycles. The van der Waals surface area contributed by atoms with Crippen LogP contribution in [-0.4, -0.2) is 28.4 Å². The van der Waals surface area contributed by atoms with Gasteiger partial charge in [0.05, 0.1) is 0 Å². The van der Waals surface area contributed by atoms with E-state index in [1.165, 1.54) is 18.2 Å². The maximum Gasteiger partial charge on any atom is 0.415 e. The molecule has 1 nitrogen and oxygen atoms in total. The third-order valence-corrected chi connectivity index (χ3v) is 4.16. The summed E-state index contributed by atoms with van der Waals surface area (Å²) in [5.41, 5.74) is 0. The van der Waals surface area contributed by atoms with Crippen LogP contribution in [0, 0.1) is 5.92 Å². The van der Waals surface area contributed by atoms with Crippen molar-refractivity contribution in [3.8, 4) is 0 Å². The second kappa shape index (κ2) is 5.43. The summed E-state index contributed by atoms with van der Waals surface area (Å²) in [6, 6.07) is 0. The van der Waals surface area contributed by atoms with Gasteiger partial charge >= 0.3 is 6.18 Å². The van der Waals surface area contributed by atoms with Crippen LogP contribution in [0.2, 0.25) is 0 Å². The summed E-state index contributed by atoms with van der Waals surface area (Å²) in [7, 11) is 0. The predicted molar refractivity (Wildman–Crippen MR) is 55.9 cm³/mol. The monoisotopic (exact) mass is 242 g/mol. The molecule has 0 heterocycles. The highest BCUT2D eigenvalue weighted by molar-refractivity contribution is 7.99. The van der Waals surface area contributed by atoms with E-state index < -0.39 is 12.3 Å². The molecule has 90 valence electrons. The van der Waals surface area contributed by atoms with Crippen LogP contribution in [0.1, 0.15) is 32.6 Å². The number of rotatable bonds is 3. The van der Waals surface area contributed by atoms with Crippen molar-refractivity contribution < 1.29 is 18.3 Å². The minimum absolute atomic E-state index is 0.221. The van der Waals surface area contributed by atoms with Crippen LogP contribution in [0.25, 0.3) is 0 Å². The van der Waals surface area contributed by atoms with Crippen LogP contribution in [0.15, 0.2) is 0 Å². The Morgan fingerprint density at radius 2 is 2.07 bits per heavy atom. The van der Waals surface area contributed by atoms with Crippen LogP contribution in [0.5, 0.6) is 0 Å². The standard InChI is InChI=1S/C10H17F3OS/c1-7-3-2-4-8(5-7)15-6-9(14)10(11,12)13/h7-9,14H,2-6H2,1H3. The summed E-state index contributed by atoms with van der Waals surface area (Å²) in [4.78, 5) is 0. The fourth-order valence-corrected chi connectivity index (χ4v) is 3.29. The summed E-state index contributed by atoms with van der Waals surface area (Å²) < 4.78 is 36.1. The van der Waals surface area contributed by atoms with Gasteiger partial charge in [0, 0.05) is 11.0 Å². The summed E-state index contributed by atoms with van der Waals surface area (Å²) in [6.07, 6.45) is -2.39. The summed E-state index contributed by atoms with van der Waals surface area (Å²) in [5, 5.41) is 9.13. The van der Waals surface area contributed by atoms with Crippen LogP contribution < -0.4 is 0 Å². The predicted octanol–water partition coefficient (Wildman–Crippen LogP) is 3.22. The van der Waals surface area contributed by atoms with Gasteiger partial charge in [-0.25, -0.2) is 0 Å². The maximum absolute atomic E-state index is 12.0. The Labute approximate surface area is 92.4 Å². The Morgan fingerprint density at radius 1 is 1.40 bits per heavy atom. The number of halogens is 3. The van der Waals surface area contributed by atoms with Gasteiger partial charge in [0.1, 0.15) is 0 Å². The lowest BCUT2D eigenvalue weighted by atomic mass is 9.91. The number of hydrogen-bond donors (Lipinski definition) is 1. The molecule has 0 saturated heterocycles. The van der Waals surface area contributed by atoms with E-state index in [1.54, 1.807) is 0 Å². The molecule has 0 amide bonds. The van der Waals surface area contributed by atoms with Crippen LogP contribution in [0.3, 0.4) is 0 Å². The highest BCUT2D eigenvalue weighted by atomic mass is 32.2. The molecule has 0 bridgehead atoms. The first kappa shape index (κ1) is 13.2. The van der Waals surface area contributed by atoms with Crippen molar-refractivity contribution in [1.82, 2.24) is 0 Å². The average molecular weight is 242 g/mol. The lowest BCUT2D eigenvalue weighted by Gasteiger charge is -2.27. The van der Waals surface area contributed by atoms with Crippen molar-refractivity contribution in [2.24, 2.45) is 5.92 Å². The molecular formula is C10H17F3OS. The van der Waals surface area contributed by atoms with Crippen LogP contribution in [-0.2, 0) is 0 Å². The minimum Gasteiger partial charge on any atom is -0.383 e. The lowest BCUT2D eigenvalue weighted by molar-refractivity contribution is -0.195. The molecule has 5 heteroatoms. The Bertz CT molecular complexity index is 196. The third-order valence-electron chi connectivity index (χ3n) is 2.76. The Hall–Kier alpha value is 0.100. The van der Waals surface area contributed by atoms with Gasteiger partial charge < -0.3 is 5.11 Å². The zero-order valence-electron chi connectivity index (χ0n) is 8.76. The van der Waals surface area contributed by atoms with Gasteiger partial charge in [-0.3, -0.25) is 0 Å². The summed E-state index contributed by atoms with van der Waals surface area (Å²) in [5.74, 6) is 0.389. The van der Waals surface area contributed by atoms with Crippen molar-refractivity contribution in [2.45, 2.75) is 50.1 Å². The molecule has 1 rings (SSSR count). The van der Waals surface area contributed by atoms with Gasteiger partial charge in [-0.2, -0.15) is 24.9 Å². The Balaban J connectivity index is 2.24. The first-order valence-electron chi connectivity index (χ1n) is 5.26. The number of aliphatic hydroxyl groups is 1. The largest absolute Gasteiger partial charge is 0.415 e. The van der Waals surface area contributed by atoms with E-state index in [0.717, 1.165) is 19.3 Å². The Kier molecular flexibility index (Phi) is 4.77. The molecule has 0 aromatic rings. The zero-order valence-corrected chi connectivity index (χ0v) is 9.57. The van der Waals surface area contributed by atoms with Crippen molar-refractivity contribution in [3.05, 3.63) is 0 Å². The topological polar surface area (TPSA) is 20.2 Å². The number of alkyl halides is 3. The molecule has 1 N–H and O–H groups in total. The molecule has 0 radical (unpaired) electrons. The second-order valence-corrected chi connectivity index (χ2v) is 5.62. The van der Waals surface area contributed by atoms with Crippen molar-refractivity contribution in [2.75, 3.05) is 5.75 Å². The second-order valence-electron chi connectivity index (χ2n) is 4.28. The van der Waals surface area contributed by atoms with Crippen LogP contribution >= 0.6 is 11.8 Å². The SMILES string of the molecule is CC1CCCC(SCC(O)C(F)(F)F)C1. The normalized spacial score (nSPS) is 30.2. The van der Waals surface area contributed by atoms with E-state index in [9.17, 15) is 13.2 Å². The van der Waals surface area contributed by atoms with E-state index in [-0.39, 0.29) is 5.75 Å². The first-order valence-corrected chi connectivity index (χ1v) is 6.31. The molecular weight excluding hydrogens is 225 g/mol. The number of aliphatic hydroxyl groups excluding tert-OH is 1. The smallest absolute Gasteiger partial charge is 0.383 e. The lowest BCUT2D eigenvalue weighted by Crippen LogP contribution is -2.31. The number of hydrogen-bond acceptors (Lipinski definition) is 2. The van der Waals surface area contributed by atoms with Crippen molar-refractivity contribution in [1.29, 1.82) is 0 Å². The van der Waals surface area contributed by atoms with Gasteiger partial charge in [-0.15, -0.1) is 0 Å². The van der Waals surface area contributed by atoms with Gasteiger partial charge in [0.25, 0.3) is 0 Å². The van der Waals surface area contributed by atoms with E-state index in [2.05, 4.69) is 6.92 Å². The van der Waals surface area contributed by atoms with Crippen molar-refractivity contribution in [3.63, 3.8) is 0 Å². The highest BCUT2D eigenvalue weighted by Crippen LogP contribution is 2.33. The van der Waals surface area contributed by atoms with Crippen LogP contribution in [0.4, 0.5) is 13.2 Å². The summed E-state index contributed by atoms with van der Waals surface area (Å²) >= 11 is 1.27. The molecule has 15 heavy (non-hydrogen) atoms. The molecule has 3 atom stereocenters. The van der Waals surface area contributed by atoms with Gasteiger partial charge in [0.15, 0.2) is 6.10 Å². The molecule has 0 spiro atoms. The fourth-order valence-electron chi connectivity index (χ4n) is 1.85. The van der Waals surface area contributed by atoms with Crippen molar-refractivity contribution >= 4 is 11.8 Å². The minimum atomic E-state index is -4.46. The third kappa shape index (κ3) is 4.64. The molecule has 1 aliphatic rings. The summed E-state index contributed by atoms with van der Waals surface area (Å²) in [6.45, 7) is 2.13. The molecule has 1 saturated carbocycles. The molecule has 1 fully saturated rings. The van der Waals surface area contributed by atoms with Gasteiger partial charge in [-0.1, -0.05) is 19.8 Å². The molecule has 3 unspecified atom stereocenters. The number of thioether (sulfide) groups is 1. The molecule has 0 aromatic carbocycles. The van der Waals surface area contributed by atoms with E-state index >= 15 is 0 Å². The molecule has 0 aromatic heterocycles. The van der Waals surface area contributed by atoms with E-state index in [4.69, 9.17) is 5.11 Å².